The summed E-state index contributed by atoms with van der Waals surface area (Å²) in [6, 6.07) is 0. The first kappa shape index (κ1) is 27.1. The third-order valence-corrected chi connectivity index (χ3v) is 5.41. The Morgan fingerprint density at radius 2 is 1.17 bits per heavy atom. The fourth-order valence-electron chi connectivity index (χ4n) is 3.56. The number of fused-ring (bicyclic) bond motifs is 5. The maximum Gasteiger partial charge on any atom is 0.388 e. The molecule has 0 spiro atoms. The number of rotatable bonds is 1. The summed E-state index contributed by atoms with van der Waals surface area (Å²) in [6.07, 6.45) is -11.7. The maximum atomic E-state index is 12.8. The second-order valence-corrected chi connectivity index (χ2v) is 7.99. The minimum atomic E-state index is -3.85. The van der Waals surface area contributed by atoms with Crippen molar-refractivity contribution in [2.45, 2.75) is 54.6 Å². The smallest absolute Gasteiger partial charge is 0.388 e. The monoisotopic (exact) mass is 526 g/mol. The van der Waals surface area contributed by atoms with Crippen molar-refractivity contribution in [1.82, 2.24) is 0 Å². The number of carbonyl (C=O) groups is 6. The Morgan fingerprint density at radius 3 is 1.75 bits per heavy atom. The van der Waals surface area contributed by atoms with E-state index in [1.54, 1.807) is 0 Å². The molecule has 0 amide bonds. The second-order valence-electron chi connectivity index (χ2n) is 7.99. The van der Waals surface area contributed by atoms with Crippen molar-refractivity contribution >= 4 is 35.8 Å². The van der Waals surface area contributed by atoms with E-state index in [2.05, 4.69) is 29.3 Å². The molecule has 0 aromatic rings. The summed E-state index contributed by atoms with van der Waals surface area (Å²) in [5.74, 6) is -18.4. The Balaban J connectivity index is 2.19. The van der Waals surface area contributed by atoms with Crippen molar-refractivity contribution in [3.8, 4) is 0 Å². The van der Waals surface area contributed by atoms with Gasteiger partial charge in [-0.1, -0.05) is 0 Å². The van der Waals surface area contributed by atoms with Gasteiger partial charge in [-0.3, -0.25) is 0 Å². The lowest BCUT2D eigenvalue weighted by Gasteiger charge is -2.47. The van der Waals surface area contributed by atoms with E-state index in [4.69, 9.17) is 4.74 Å². The van der Waals surface area contributed by atoms with Crippen LogP contribution in [0.15, 0.2) is 0 Å². The van der Waals surface area contributed by atoms with Gasteiger partial charge >= 0.3 is 35.8 Å². The zero-order chi connectivity index (χ0) is 27.1. The Kier molecular flexibility index (Phi) is 7.19. The fraction of sp³-hybridized carbons (Fsp3) is 0.647. The molecule has 3 saturated heterocycles. The summed E-state index contributed by atoms with van der Waals surface area (Å²) < 4.78 is 4.79. The molecule has 2 bridgehead atoms. The average molecular weight is 526 g/mol. The van der Waals surface area contributed by atoms with Gasteiger partial charge in [0.15, 0.2) is 17.1 Å². The molecule has 19 nitrogen and oxygen atoms in total. The van der Waals surface area contributed by atoms with Crippen molar-refractivity contribution < 1.29 is 93.5 Å². The molecule has 3 aliphatic rings. The topological polar surface area (TPSA) is 288 Å². The molecule has 0 aromatic heterocycles. The lowest BCUT2D eigenvalue weighted by Crippen LogP contribution is -2.71. The Bertz CT molecular complexity index is 977. The van der Waals surface area contributed by atoms with Gasteiger partial charge in [-0.15, -0.1) is 0 Å². The molecule has 0 aliphatic carbocycles. The highest BCUT2D eigenvalue weighted by Gasteiger charge is 2.68. The van der Waals surface area contributed by atoms with E-state index in [0.29, 0.717) is 0 Å². The van der Waals surface area contributed by atoms with Crippen LogP contribution in [-0.4, -0.2) is 108 Å². The molecule has 7 atom stereocenters. The number of hydrogen-bond donors (Lipinski definition) is 6. The van der Waals surface area contributed by atoms with E-state index in [1.807, 2.05) is 0 Å². The molecule has 3 fully saturated rings. The van der Waals surface area contributed by atoms with Crippen LogP contribution >= 0.6 is 0 Å². The lowest BCUT2D eigenvalue weighted by atomic mass is 9.74. The lowest BCUT2D eigenvalue weighted by molar-refractivity contribution is -0.365. The number of carbonyl (C=O) groups excluding carboxylic acids is 6. The first-order valence-electron chi connectivity index (χ1n) is 9.74. The van der Waals surface area contributed by atoms with Crippen LogP contribution in [-0.2, 0) is 62.8 Å². The van der Waals surface area contributed by atoms with Crippen LogP contribution in [0.3, 0.4) is 0 Å². The largest absolute Gasteiger partial charge is 0.388 e. The van der Waals surface area contributed by atoms with E-state index in [0.717, 1.165) is 0 Å². The summed E-state index contributed by atoms with van der Waals surface area (Å²) in [5.41, 5.74) is -7.06. The van der Waals surface area contributed by atoms with Gasteiger partial charge in [-0.2, -0.15) is 0 Å². The number of hydrogen-bond acceptors (Lipinski definition) is 19. The second kappa shape index (κ2) is 9.54. The van der Waals surface area contributed by atoms with Crippen molar-refractivity contribution in [3.05, 3.63) is 0 Å². The van der Waals surface area contributed by atoms with E-state index in [9.17, 15) is 59.4 Å². The van der Waals surface area contributed by atoms with E-state index >= 15 is 0 Å². The molecule has 3 aliphatic heterocycles. The third kappa shape index (κ3) is 4.80. The van der Waals surface area contributed by atoms with Crippen LogP contribution < -0.4 is 0 Å². The highest BCUT2D eigenvalue weighted by atomic mass is 17.2. The Labute approximate surface area is 197 Å². The first-order valence-corrected chi connectivity index (χ1v) is 9.74. The SMILES string of the molecule is O=C1CC2(O)CC(=O)OOC(=O)C(C3(O)OC[C@@H](O)[C@H](O)[C@H]3O)C(O)(CC(=O)OO1)C(=O)OOC2=O. The summed E-state index contributed by atoms with van der Waals surface area (Å²) in [4.78, 5) is 98.6. The first-order chi connectivity index (χ1) is 16.6. The summed E-state index contributed by atoms with van der Waals surface area (Å²) in [7, 11) is 0. The van der Waals surface area contributed by atoms with Crippen LogP contribution in [0.4, 0.5) is 0 Å². The van der Waals surface area contributed by atoms with Gasteiger partial charge < -0.3 is 35.4 Å². The van der Waals surface area contributed by atoms with Gasteiger partial charge in [0.05, 0.1) is 25.9 Å². The van der Waals surface area contributed by atoms with E-state index < -0.39 is 103 Å². The summed E-state index contributed by atoms with van der Waals surface area (Å²) in [5, 5.41) is 62.4. The minimum Gasteiger partial charge on any atom is -0.388 e. The molecule has 3 heterocycles. The molecule has 6 N–H and O–H groups in total. The van der Waals surface area contributed by atoms with Crippen LogP contribution in [0.25, 0.3) is 0 Å². The highest BCUT2D eigenvalue weighted by Crippen LogP contribution is 2.41. The van der Waals surface area contributed by atoms with Gasteiger partial charge in [0.2, 0.25) is 5.79 Å². The third-order valence-electron chi connectivity index (χ3n) is 5.41. The quantitative estimate of drug-likeness (QED) is 0.173. The molecule has 0 saturated carbocycles. The number of aliphatic hydroxyl groups excluding tert-OH is 3. The normalized spacial score (nSPS) is 40.8. The maximum absolute atomic E-state index is 12.8. The average Bonchev–Trinajstić information content (AvgIpc) is 2.79. The molecule has 19 heteroatoms. The van der Waals surface area contributed by atoms with Gasteiger partial charge in [-0.25, -0.2) is 58.1 Å². The van der Waals surface area contributed by atoms with Crippen molar-refractivity contribution in [2.24, 2.45) is 5.92 Å². The van der Waals surface area contributed by atoms with Crippen LogP contribution in [0.5, 0.6) is 0 Å². The standard InChI is InChI=1S/C17H18O19/c18-5-4-30-17(29,11(23)9(5)22)10-12(24)34-33-7(20)2-15(27)1-6(19)31-32-8(21)3-16(10,28)14(26)36-35-13(15)25/h5,9-11,18,22-23,27-29H,1-4H2/t5-,9+,10?,11-,15?,16?,17?/m1/s1. The number of ether oxygens (including phenoxy) is 1. The van der Waals surface area contributed by atoms with E-state index in [-0.39, 0.29) is 0 Å². The Morgan fingerprint density at radius 1 is 0.667 bits per heavy atom. The van der Waals surface area contributed by atoms with Crippen LogP contribution in [0, 0.1) is 5.92 Å². The van der Waals surface area contributed by atoms with Crippen LogP contribution in [0.2, 0.25) is 0 Å². The highest BCUT2D eigenvalue weighted by molar-refractivity contribution is 5.94. The molecule has 0 radical (unpaired) electrons. The van der Waals surface area contributed by atoms with Crippen molar-refractivity contribution in [1.29, 1.82) is 0 Å². The van der Waals surface area contributed by atoms with Crippen molar-refractivity contribution in [3.63, 3.8) is 0 Å². The predicted molar refractivity (Wildman–Crippen MR) is 92.7 cm³/mol. The molecule has 36 heavy (non-hydrogen) atoms. The van der Waals surface area contributed by atoms with Gasteiger partial charge in [-0.05, 0) is 0 Å². The molecule has 0 aromatic carbocycles. The zero-order valence-corrected chi connectivity index (χ0v) is 17.6. The number of aliphatic hydroxyl groups is 6. The van der Waals surface area contributed by atoms with Gasteiger partial charge in [0.25, 0.3) is 0 Å². The van der Waals surface area contributed by atoms with Gasteiger partial charge in [0, 0.05) is 0 Å². The molecular weight excluding hydrogens is 508 g/mol. The van der Waals surface area contributed by atoms with Crippen molar-refractivity contribution in [2.75, 3.05) is 6.61 Å². The summed E-state index contributed by atoms with van der Waals surface area (Å²) >= 11 is 0. The minimum absolute atomic E-state index is 1.05. The zero-order valence-electron chi connectivity index (χ0n) is 17.6. The predicted octanol–water partition coefficient (Wildman–Crippen LogP) is -5.93. The van der Waals surface area contributed by atoms with Crippen LogP contribution in [0.1, 0.15) is 19.3 Å². The fourth-order valence-corrected chi connectivity index (χ4v) is 3.56. The van der Waals surface area contributed by atoms with E-state index in [1.165, 1.54) is 0 Å². The summed E-state index contributed by atoms with van der Waals surface area (Å²) in [6.45, 7) is -1.05. The molecular formula is C17H18O19. The molecule has 3 rings (SSSR count). The molecule has 4 unspecified atom stereocenters. The molecule has 200 valence electrons. The van der Waals surface area contributed by atoms with Gasteiger partial charge in [0.1, 0.15) is 18.3 Å². The Hall–Kier alpha value is -3.46.